The second-order valence-corrected chi connectivity index (χ2v) is 6.96. The summed E-state index contributed by atoms with van der Waals surface area (Å²) in [5.41, 5.74) is 11.9. The number of ether oxygens (including phenoxy) is 1. The maximum atomic E-state index is 13.9. The fourth-order valence-corrected chi connectivity index (χ4v) is 3.58. The average molecular weight is 400 g/mol. The van der Waals surface area contributed by atoms with Gasteiger partial charge in [0.1, 0.15) is 5.69 Å². The maximum absolute atomic E-state index is 13.9. The van der Waals surface area contributed by atoms with Crippen molar-refractivity contribution >= 4 is 34.4 Å². The van der Waals surface area contributed by atoms with Crippen LogP contribution in [-0.4, -0.2) is 53.5 Å². The monoisotopic (exact) mass is 400 g/mol. The van der Waals surface area contributed by atoms with E-state index in [1.807, 2.05) is 24.3 Å². The second-order valence-electron chi connectivity index (χ2n) is 6.58. The summed E-state index contributed by atoms with van der Waals surface area (Å²) in [6.07, 6.45) is 1.95. The predicted molar refractivity (Wildman–Crippen MR) is 111 cm³/mol. The first-order valence-corrected chi connectivity index (χ1v) is 9.53. The molecule has 3 N–H and O–H groups in total. The Morgan fingerprint density at radius 3 is 2.79 bits per heavy atom. The number of fused-ring (bicyclic) bond motifs is 1. The third-order valence-electron chi connectivity index (χ3n) is 4.85. The highest BCUT2D eigenvalue weighted by Crippen LogP contribution is 2.26. The van der Waals surface area contributed by atoms with Crippen LogP contribution in [0, 0.1) is 5.82 Å². The molecule has 2 aliphatic heterocycles. The molecule has 0 amide bonds. The summed E-state index contributed by atoms with van der Waals surface area (Å²) < 4.78 is 19.2. The van der Waals surface area contributed by atoms with Gasteiger partial charge in [-0.2, -0.15) is 5.10 Å². The summed E-state index contributed by atoms with van der Waals surface area (Å²) in [7, 11) is 0. The fraction of sp³-hybridized carbons (Fsp3) is 0.316. The summed E-state index contributed by atoms with van der Waals surface area (Å²) in [6.45, 7) is 3.52. The lowest BCUT2D eigenvalue weighted by Crippen LogP contribution is -2.51. The van der Waals surface area contributed by atoms with Crippen LogP contribution in [0.3, 0.4) is 0 Å². The summed E-state index contributed by atoms with van der Waals surface area (Å²) in [5, 5.41) is 4.91. The first-order valence-electron chi connectivity index (χ1n) is 9.12. The third-order valence-corrected chi connectivity index (χ3v) is 5.20. The molecule has 0 bridgehead atoms. The number of nitrogens with zero attached hydrogens (tertiary/aromatic N) is 4. The zero-order valence-corrected chi connectivity index (χ0v) is 16.1. The van der Waals surface area contributed by atoms with Gasteiger partial charge in [-0.25, -0.2) is 4.39 Å². The third kappa shape index (κ3) is 3.70. The van der Waals surface area contributed by atoms with Crippen LogP contribution in [0.4, 0.5) is 15.8 Å². The molecule has 1 fully saturated rings. The first kappa shape index (κ1) is 18.4. The minimum Gasteiger partial charge on any atom is -0.488 e. The van der Waals surface area contributed by atoms with Gasteiger partial charge in [0.05, 0.1) is 23.7 Å². The number of rotatable bonds is 2. The van der Waals surface area contributed by atoms with E-state index in [0.29, 0.717) is 29.5 Å². The van der Waals surface area contributed by atoms with E-state index >= 15 is 0 Å². The normalized spacial score (nSPS) is 17.8. The van der Waals surface area contributed by atoms with E-state index in [-0.39, 0.29) is 5.75 Å². The summed E-state index contributed by atoms with van der Waals surface area (Å²) in [6, 6.07) is 9.14. The average Bonchev–Trinajstić information content (AvgIpc) is 2.73. The van der Waals surface area contributed by atoms with Gasteiger partial charge in [0.15, 0.2) is 16.7 Å². The van der Waals surface area contributed by atoms with Crippen LogP contribution in [0.15, 0.2) is 41.6 Å². The zero-order valence-electron chi connectivity index (χ0n) is 15.3. The van der Waals surface area contributed by atoms with Crippen molar-refractivity contribution in [3.8, 4) is 5.75 Å². The van der Waals surface area contributed by atoms with Gasteiger partial charge in [-0.15, -0.1) is 0 Å². The Hall–Kier alpha value is -2.94. The number of thiocarbonyl (C=S) groups is 1. The largest absolute Gasteiger partial charge is 0.488 e. The summed E-state index contributed by atoms with van der Waals surface area (Å²) in [5.74, 6) is -0.287. The molecule has 2 aromatic rings. The van der Waals surface area contributed by atoms with Crippen LogP contribution in [0.2, 0.25) is 0 Å². The molecule has 1 saturated heterocycles. The highest BCUT2D eigenvalue weighted by molar-refractivity contribution is 7.80. The van der Waals surface area contributed by atoms with Crippen molar-refractivity contribution in [1.29, 1.82) is 0 Å². The smallest absolute Gasteiger partial charge is 0.189 e. The van der Waals surface area contributed by atoms with Crippen LogP contribution >= 0.6 is 12.2 Å². The van der Waals surface area contributed by atoms with Gasteiger partial charge in [0.2, 0.25) is 0 Å². The van der Waals surface area contributed by atoms with Crippen molar-refractivity contribution in [3.05, 3.63) is 48.0 Å². The lowest BCUT2D eigenvalue weighted by Gasteiger charge is -2.37. The molecule has 7 nitrogen and oxygen atoms in total. The Labute approximate surface area is 168 Å². The number of benzene rings is 1. The number of aromatic nitrogens is 1. The van der Waals surface area contributed by atoms with Crippen molar-refractivity contribution in [2.24, 2.45) is 5.10 Å². The lowest BCUT2D eigenvalue weighted by molar-refractivity contribution is 0.300. The van der Waals surface area contributed by atoms with E-state index in [9.17, 15) is 4.39 Å². The molecule has 3 heterocycles. The van der Waals surface area contributed by atoms with Gasteiger partial charge in [0.25, 0.3) is 0 Å². The van der Waals surface area contributed by atoms with Crippen LogP contribution in [0.1, 0.15) is 12.1 Å². The molecule has 0 saturated carbocycles. The van der Waals surface area contributed by atoms with Crippen LogP contribution in [-0.2, 0) is 0 Å². The highest BCUT2D eigenvalue weighted by atomic mass is 32.1. The molecular formula is C19H21FN6OS. The van der Waals surface area contributed by atoms with Crippen molar-refractivity contribution in [3.63, 3.8) is 0 Å². The number of hydrogen-bond donors (Lipinski definition) is 2. The molecular weight excluding hydrogens is 379 g/mol. The Bertz CT molecular complexity index is 913. The molecule has 9 heteroatoms. The number of anilines is 2. The van der Waals surface area contributed by atoms with Gasteiger partial charge in [-0.1, -0.05) is 12.1 Å². The number of nitrogens with two attached hydrogens (primary N) is 1. The molecule has 0 spiro atoms. The van der Waals surface area contributed by atoms with E-state index in [1.165, 1.54) is 12.3 Å². The number of hydrazone groups is 1. The van der Waals surface area contributed by atoms with Crippen molar-refractivity contribution in [2.45, 2.75) is 6.42 Å². The van der Waals surface area contributed by atoms with Gasteiger partial charge in [-0.3, -0.25) is 10.4 Å². The highest BCUT2D eigenvalue weighted by Gasteiger charge is 2.23. The minimum atomic E-state index is -0.434. The number of piperazine rings is 1. The molecule has 4 rings (SSSR count). The van der Waals surface area contributed by atoms with E-state index in [4.69, 9.17) is 22.7 Å². The Balaban J connectivity index is 1.38. The Kier molecular flexibility index (Phi) is 5.25. The standard InChI is InChI=1S/C19H21FN6OS/c20-13-5-7-22-17-15(6-12-27-18(13)17)23-24-19(28)26-10-8-25(9-11-26)16-4-2-1-3-14(16)21/h1-5,7H,6,8-12,21H2,(H,24,28)/b23-15-. The predicted octanol–water partition coefficient (Wildman–Crippen LogP) is 1.99. The molecule has 1 aromatic carbocycles. The Morgan fingerprint density at radius 1 is 1.21 bits per heavy atom. The van der Waals surface area contributed by atoms with E-state index < -0.39 is 5.82 Å². The van der Waals surface area contributed by atoms with E-state index in [2.05, 4.69) is 25.3 Å². The molecule has 0 atom stereocenters. The number of nitrogens with one attached hydrogen (secondary N) is 1. The van der Waals surface area contributed by atoms with Crippen molar-refractivity contribution < 1.29 is 9.13 Å². The van der Waals surface area contributed by atoms with Gasteiger partial charge in [-0.05, 0) is 30.4 Å². The summed E-state index contributed by atoms with van der Waals surface area (Å²) >= 11 is 5.49. The first-order chi connectivity index (χ1) is 13.6. The number of hydrogen-bond acceptors (Lipinski definition) is 6. The van der Waals surface area contributed by atoms with Gasteiger partial charge < -0.3 is 20.3 Å². The molecule has 0 radical (unpaired) electrons. The van der Waals surface area contributed by atoms with Crippen LogP contribution < -0.4 is 20.8 Å². The molecule has 2 aliphatic rings. The van der Waals surface area contributed by atoms with Crippen molar-refractivity contribution in [2.75, 3.05) is 43.4 Å². The SMILES string of the molecule is Nc1ccccc1N1CCN(C(=S)N/N=C2/CCOc3c(F)ccnc32)CC1. The van der Waals surface area contributed by atoms with Gasteiger partial charge in [0, 0.05) is 38.8 Å². The number of pyridine rings is 1. The number of para-hydroxylation sites is 2. The number of nitrogen functional groups attached to an aromatic ring is 1. The second kappa shape index (κ2) is 7.97. The maximum Gasteiger partial charge on any atom is 0.189 e. The zero-order chi connectivity index (χ0) is 19.5. The van der Waals surface area contributed by atoms with Crippen molar-refractivity contribution in [1.82, 2.24) is 15.3 Å². The molecule has 0 unspecified atom stereocenters. The summed E-state index contributed by atoms with van der Waals surface area (Å²) in [4.78, 5) is 8.51. The van der Waals surface area contributed by atoms with E-state index in [1.54, 1.807) is 0 Å². The number of halogens is 1. The van der Waals surface area contributed by atoms with Gasteiger partial charge >= 0.3 is 0 Å². The van der Waals surface area contributed by atoms with E-state index in [0.717, 1.165) is 37.6 Å². The minimum absolute atomic E-state index is 0.147. The molecule has 1 aromatic heterocycles. The molecule has 28 heavy (non-hydrogen) atoms. The van der Waals surface area contributed by atoms with Crippen LogP contribution in [0.25, 0.3) is 0 Å². The lowest BCUT2D eigenvalue weighted by atomic mass is 10.1. The molecule has 0 aliphatic carbocycles. The fourth-order valence-electron chi connectivity index (χ4n) is 3.36. The Morgan fingerprint density at radius 2 is 2.00 bits per heavy atom. The topological polar surface area (TPSA) is 79.0 Å². The van der Waals surface area contributed by atoms with Crippen LogP contribution in [0.5, 0.6) is 5.75 Å². The quantitative estimate of drug-likeness (QED) is 0.453. The molecule has 146 valence electrons.